The second kappa shape index (κ2) is 6.27. The number of hydrogen-bond acceptors (Lipinski definition) is 4. The van der Waals surface area contributed by atoms with E-state index in [0.717, 1.165) is 11.6 Å². The number of aliphatic hydroxyl groups excluding tert-OH is 1. The van der Waals surface area contributed by atoms with Gasteiger partial charge in [-0.15, -0.1) is 0 Å². The monoisotopic (exact) mass is 295 g/mol. The third-order valence-corrected chi connectivity index (χ3v) is 2.77. The SMILES string of the molecule is O=[N+]([O-])c1ccc(F)c(F)c1Oc1ccc(CCO)cc1. The molecule has 0 aliphatic carbocycles. The van der Waals surface area contributed by atoms with Crippen molar-refractivity contribution in [3.8, 4) is 11.5 Å². The predicted molar refractivity (Wildman–Crippen MR) is 70.3 cm³/mol. The quantitative estimate of drug-likeness (QED) is 0.679. The Morgan fingerprint density at radius 1 is 1.14 bits per heavy atom. The summed E-state index contributed by atoms with van der Waals surface area (Å²) in [6, 6.07) is 7.67. The number of nitro groups is 1. The summed E-state index contributed by atoms with van der Waals surface area (Å²) in [5, 5.41) is 19.6. The summed E-state index contributed by atoms with van der Waals surface area (Å²) in [6.07, 6.45) is 0.439. The minimum absolute atomic E-state index is 0.0236. The molecule has 0 radical (unpaired) electrons. The fraction of sp³-hybridized carbons (Fsp3) is 0.143. The number of nitrogens with zero attached hydrogens (tertiary/aromatic N) is 1. The zero-order valence-corrected chi connectivity index (χ0v) is 10.8. The number of rotatable bonds is 5. The summed E-state index contributed by atoms with van der Waals surface area (Å²) in [6.45, 7) is -0.0236. The highest BCUT2D eigenvalue weighted by Crippen LogP contribution is 2.35. The Bertz CT molecular complexity index is 659. The molecular weight excluding hydrogens is 284 g/mol. The standard InChI is InChI=1S/C14H11F2NO4/c15-11-5-6-12(17(19)20)14(13(11)16)21-10-3-1-9(2-4-10)7-8-18/h1-6,18H,7-8H2. The topological polar surface area (TPSA) is 72.6 Å². The van der Waals surface area contributed by atoms with Gasteiger partial charge in [0.05, 0.1) is 4.92 Å². The lowest BCUT2D eigenvalue weighted by Crippen LogP contribution is -1.99. The molecule has 0 aliphatic heterocycles. The van der Waals surface area contributed by atoms with Gasteiger partial charge in [0, 0.05) is 12.7 Å². The number of ether oxygens (including phenoxy) is 1. The molecule has 0 heterocycles. The zero-order valence-electron chi connectivity index (χ0n) is 10.8. The van der Waals surface area contributed by atoms with Crippen LogP contribution >= 0.6 is 0 Å². The highest BCUT2D eigenvalue weighted by Gasteiger charge is 2.23. The van der Waals surface area contributed by atoms with Crippen LogP contribution in [0, 0.1) is 21.7 Å². The molecular formula is C14H11F2NO4. The molecule has 0 saturated carbocycles. The molecule has 0 saturated heterocycles. The molecule has 1 N–H and O–H groups in total. The molecule has 0 amide bonds. The molecule has 0 fully saturated rings. The molecule has 2 aromatic carbocycles. The molecule has 0 aliphatic rings. The van der Waals surface area contributed by atoms with Gasteiger partial charge < -0.3 is 9.84 Å². The Morgan fingerprint density at radius 3 is 2.38 bits per heavy atom. The largest absolute Gasteiger partial charge is 0.447 e. The van der Waals surface area contributed by atoms with Crippen molar-refractivity contribution in [2.24, 2.45) is 0 Å². The van der Waals surface area contributed by atoms with Crippen LogP contribution in [0.15, 0.2) is 36.4 Å². The van der Waals surface area contributed by atoms with Gasteiger partial charge in [0.2, 0.25) is 11.6 Å². The molecule has 0 atom stereocenters. The van der Waals surface area contributed by atoms with Crippen LogP contribution in [0.5, 0.6) is 11.5 Å². The van der Waals surface area contributed by atoms with Crippen LogP contribution in [0.3, 0.4) is 0 Å². The first-order valence-electron chi connectivity index (χ1n) is 6.03. The van der Waals surface area contributed by atoms with Gasteiger partial charge in [-0.1, -0.05) is 12.1 Å². The van der Waals surface area contributed by atoms with Crippen LogP contribution < -0.4 is 4.74 Å². The molecule has 110 valence electrons. The van der Waals surface area contributed by atoms with Gasteiger partial charge in [-0.2, -0.15) is 4.39 Å². The van der Waals surface area contributed by atoms with E-state index in [1.54, 1.807) is 12.1 Å². The maximum absolute atomic E-state index is 13.7. The van der Waals surface area contributed by atoms with Crippen LogP contribution in [-0.2, 0) is 6.42 Å². The molecule has 5 nitrogen and oxygen atoms in total. The van der Waals surface area contributed by atoms with Crippen LogP contribution in [0.1, 0.15) is 5.56 Å². The molecule has 0 unspecified atom stereocenters. The lowest BCUT2D eigenvalue weighted by molar-refractivity contribution is -0.385. The van der Waals surface area contributed by atoms with E-state index in [-0.39, 0.29) is 12.4 Å². The highest BCUT2D eigenvalue weighted by molar-refractivity contribution is 5.49. The lowest BCUT2D eigenvalue weighted by Gasteiger charge is -2.08. The molecule has 2 rings (SSSR count). The summed E-state index contributed by atoms with van der Waals surface area (Å²) in [7, 11) is 0. The van der Waals surface area contributed by atoms with Crippen LogP contribution in [0.25, 0.3) is 0 Å². The van der Waals surface area contributed by atoms with Gasteiger partial charge in [0.25, 0.3) is 0 Å². The van der Waals surface area contributed by atoms with E-state index in [0.29, 0.717) is 12.5 Å². The minimum Gasteiger partial charge on any atom is -0.447 e. The van der Waals surface area contributed by atoms with Gasteiger partial charge in [0.1, 0.15) is 5.75 Å². The Balaban J connectivity index is 2.34. The fourth-order valence-corrected chi connectivity index (χ4v) is 1.73. The van der Waals surface area contributed by atoms with E-state index in [9.17, 15) is 18.9 Å². The summed E-state index contributed by atoms with van der Waals surface area (Å²) >= 11 is 0. The molecule has 7 heteroatoms. The normalized spacial score (nSPS) is 10.4. The summed E-state index contributed by atoms with van der Waals surface area (Å²) in [5.74, 6) is -3.28. The highest BCUT2D eigenvalue weighted by atomic mass is 19.2. The maximum atomic E-state index is 13.7. The van der Waals surface area contributed by atoms with Crippen LogP contribution in [0.2, 0.25) is 0 Å². The average molecular weight is 295 g/mol. The lowest BCUT2D eigenvalue weighted by atomic mass is 10.1. The van der Waals surface area contributed by atoms with Crippen molar-refractivity contribution in [2.45, 2.75) is 6.42 Å². The Labute approximate surface area is 118 Å². The average Bonchev–Trinajstić information content (AvgIpc) is 2.46. The van der Waals surface area contributed by atoms with Crippen molar-refractivity contribution < 1.29 is 23.5 Å². The first kappa shape index (κ1) is 14.9. The summed E-state index contributed by atoms with van der Waals surface area (Å²) in [5.41, 5.74) is 0.160. The molecule has 21 heavy (non-hydrogen) atoms. The molecule has 0 bridgehead atoms. The van der Waals surface area contributed by atoms with Crippen LogP contribution in [0.4, 0.5) is 14.5 Å². The van der Waals surface area contributed by atoms with Gasteiger partial charge >= 0.3 is 5.69 Å². The first-order valence-corrected chi connectivity index (χ1v) is 6.03. The number of hydrogen-bond donors (Lipinski definition) is 1. The minimum atomic E-state index is -1.41. The first-order chi connectivity index (χ1) is 10.0. The third kappa shape index (κ3) is 3.32. The molecule has 2 aromatic rings. The maximum Gasteiger partial charge on any atom is 0.314 e. The Hall–Kier alpha value is -2.54. The van der Waals surface area contributed by atoms with Gasteiger partial charge in [-0.25, -0.2) is 4.39 Å². The summed E-state index contributed by atoms with van der Waals surface area (Å²) < 4.78 is 32.0. The van der Waals surface area contributed by atoms with E-state index >= 15 is 0 Å². The van der Waals surface area contributed by atoms with E-state index in [1.807, 2.05) is 0 Å². The van der Waals surface area contributed by atoms with E-state index in [4.69, 9.17) is 9.84 Å². The van der Waals surface area contributed by atoms with Crippen molar-refractivity contribution in [1.82, 2.24) is 0 Å². The number of aliphatic hydroxyl groups is 1. The van der Waals surface area contributed by atoms with E-state index in [1.165, 1.54) is 12.1 Å². The van der Waals surface area contributed by atoms with Gasteiger partial charge in [-0.05, 0) is 30.2 Å². The Kier molecular flexibility index (Phi) is 4.44. The zero-order chi connectivity index (χ0) is 15.4. The molecule has 0 spiro atoms. The predicted octanol–water partition coefficient (Wildman–Crippen LogP) is 3.20. The fourth-order valence-electron chi connectivity index (χ4n) is 1.73. The van der Waals surface area contributed by atoms with Crippen molar-refractivity contribution in [3.05, 3.63) is 63.7 Å². The van der Waals surface area contributed by atoms with E-state index in [2.05, 4.69) is 0 Å². The smallest absolute Gasteiger partial charge is 0.314 e. The van der Waals surface area contributed by atoms with Crippen molar-refractivity contribution in [1.29, 1.82) is 0 Å². The second-order valence-corrected chi connectivity index (χ2v) is 4.19. The van der Waals surface area contributed by atoms with Gasteiger partial charge in [0.15, 0.2) is 5.82 Å². The number of halogens is 2. The van der Waals surface area contributed by atoms with Crippen molar-refractivity contribution >= 4 is 5.69 Å². The Morgan fingerprint density at radius 2 is 1.81 bits per heavy atom. The second-order valence-electron chi connectivity index (χ2n) is 4.19. The van der Waals surface area contributed by atoms with Crippen LogP contribution in [-0.4, -0.2) is 16.6 Å². The molecule has 0 aromatic heterocycles. The number of benzene rings is 2. The van der Waals surface area contributed by atoms with Crippen molar-refractivity contribution in [3.63, 3.8) is 0 Å². The number of nitro benzene ring substituents is 1. The van der Waals surface area contributed by atoms with E-state index < -0.39 is 28.0 Å². The summed E-state index contributed by atoms with van der Waals surface area (Å²) in [4.78, 5) is 9.97. The van der Waals surface area contributed by atoms with Gasteiger partial charge in [-0.3, -0.25) is 10.1 Å². The third-order valence-electron chi connectivity index (χ3n) is 2.77. The van der Waals surface area contributed by atoms with Crippen molar-refractivity contribution in [2.75, 3.05) is 6.61 Å².